The Morgan fingerprint density at radius 2 is 2.04 bits per heavy atom. The largest absolute Gasteiger partial charge is 0.512 e. The van der Waals surface area contributed by atoms with Crippen LogP contribution >= 0.6 is 0 Å². The lowest BCUT2D eigenvalue weighted by Gasteiger charge is -2.53. The highest BCUT2D eigenvalue weighted by Crippen LogP contribution is 2.64. The Kier molecular flexibility index (Phi) is 3.94. The summed E-state index contributed by atoms with van der Waals surface area (Å²) in [4.78, 5) is 22.9. The molecule has 0 spiro atoms. The second-order valence-corrected chi connectivity index (χ2v) is 9.14. The van der Waals surface area contributed by atoms with Crippen molar-refractivity contribution in [2.45, 2.75) is 52.4 Å². The molecule has 6 atom stereocenters. The number of carbonyl (C=O) groups is 2. The molecule has 0 heterocycles. The minimum atomic E-state index is -0.732. The highest BCUT2D eigenvalue weighted by atomic mass is 16.4. The van der Waals surface area contributed by atoms with Gasteiger partial charge in [-0.05, 0) is 66.6 Å². The van der Waals surface area contributed by atoms with Crippen LogP contribution in [0.2, 0.25) is 0 Å². The van der Waals surface area contributed by atoms with Crippen molar-refractivity contribution in [2.75, 3.05) is 0 Å². The molecular weight excluding hydrogens is 328 g/mol. The molecule has 4 aliphatic rings. The molecule has 4 heteroatoms. The van der Waals surface area contributed by atoms with Crippen molar-refractivity contribution in [3.05, 3.63) is 35.6 Å². The number of aliphatic carboxylic acids is 1. The first-order valence-corrected chi connectivity index (χ1v) is 9.82. The van der Waals surface area contributed by atoms with Crippen LogP contribution in [0.25, 0.3) is 0 Å². The van der Waals surface area contributed by atoms with E-state index in [1.807, 2.05) is 6.08 Å². The van der Waals surface area contributed by atoms with Crippen molar-refractivity contribution in [2.24, 2.45) is 34.5 Å². The van der Waals surface area contributed by atoms with E-state index in [2.05, 4.69) is 26.0 Å². The first kappa shape index (κ1) is 17.6. The van der Waals surface area contributed by atoms with E-state index in [0.717, 1.165) is 24.8 Å². The molecule has 4 aliphatic carbocycles. The van der Waals surface area contributed by atoms with E-state index in [-0.39, 0.29) is 34.9 Å². The van der Waals surface area contributed by atoms with Gasteiger partial charge in [0.1, 0.15) is 0 Å². The maximum Gasteiger partial charge on any atom is 0.303 e. The molecule has 26 heavy (non-hydrogen) atoms. The van der Waals surface area contributed by atoms with E-state index in [1.165, 1.54) is 0 Å². The second kappa shape index (κ2) is 5.83. The van der Waals surface area contributed by atoms with Gasteiger partial charge >= 0.3 is 5.97 Å². The Balaban J connectivity index is 1.71. The van der Waals surface area contributed by atoms with Crippen LogP contribution in [0.15, 0.2) is 35.6 Å². The molecule has 0 bridgehead atoms. The molecule has 2 N–H and O–H groups in total. The summed E-state index contributed by atoms with van der Waals surface area (Å²) in [7, 11) is 0. The number of aliphatic hydroxyl groups is 1. The van der Waals surface area contributed by atoms with Crippen molar-refractivity contribution in [1.82, 2.24) is 0 Å². The van der Waals surface area contributed by atoms with Gasteiger partial charge in [0.2, 0.25) is 0 Å². The minimum Gasteiger partial charge on any atom is -0.512 e. The fraction of sp³-hybridized carbons (Fsp3) is 0.636. The summed E-state index contributed by atoms with van der Waals surface area (Å²) < 4.78 is 0. The van der Waals surface area contributed by atoms with Gasteiger partial charge in [-0.3, -0.25) is 9.59 Å². The molecule has 0 amide bonds. The summed E-state index contributed by atoms with van der Waals surface area (Å²) in [5.41, 5.74) is 0.823. The maximum atomic E-state index is 11.9. The smallest absolute Gasteiger partial charge is 0.303 e. The first-order valence-electron chi connectivity index (χ1n) is 9.82. The molecule has 4 nitrogen and oxygen atoms in total. The van der Waals surface area contributed by atoms with Crippen molar-refractivity contribution in [3.63, 3.8) is 0 Å². The van der Waals surface area contributed by atoms with Gasteiger partial charge in [0.15, 0.2) is 5.78 Å². The lowest BCUT2D eigenvalue weighted by atomic mass is 9.50. The predicted molar refractivity (Wildman–Crippen MR) is 98.5 cm³/mol. The third kappa shape index (κ3) is 2.41. The number of hydrogen-bond donors (Lipinski definition) is 2. The molecular formula is C22H28O4. The van der Waals surface area contributed by atoms with Gasteiger partial charge in [0, 0.05) is 24.2 Å². The van der Waals surface area contributed by atoms with Crippen LogP contribution in [0.3, 0.4) is 0 Å². The Morgan fingerprint density at radius 3 is 2.77 bits per heavy atom. The third-order valence-electron chi connectivity index (χ3n) is 7.94. The minimum absolute atomic E-state index is 0.0551. The van der Waals surface area contributed by atoms with Gasteiger partial charge < -0.3 is 10.2 Å². The topological polar surface area (TPSA) is 74.6 Å². The third-order valence-corrected chi connectivity index (χ3v) is 7.94. The standard InChI is InChI=1S/C22H28O4/c1-21-10-8-17-20(16(21)5-3-13(21)4-6-19(25)26)18(24)12-14-11-15(23)7-9-22(14,17)2/h8,10-13,16-17,20,24H,3-7,9H2,1-2H3,(H,25,26)/t13-,16-,17-,20-,21+,22-/m0/s1. The van der Waals surface area contributed by atoms with Gasteiger partial charge in [0.05, 0.1) is 5.76 Å². The summed E-state index contributed by atoms with van der Waals surface area (Å²) in [6, 6.07) is 0. The molecule has 140 valence electrons. The summed E-state index contributed by atoms with van der Waals surface area (Å²) in [5, 5.41) is 20.0. The zero-order valence-corrected chi connectivity index (χ0v) is 15.6. The molecule has 0 radical (unpaired) electrons. The predicted octanol–water partition coefficient (Wildman–Crippen LogP) is 4.44. The lowest BCUT2D eigenvalue weighted by molar-refractivity contribution is -0.137. The molecule has 0 saturated heterocycles. The second-order valence-electron chi connectivity index (χ2n) is 9.14. The van der Waals surface area contributed by atoms with Gasteiger partial charge in [-0.15, -0.1) is 0 Å². The molecule has 0 aromatic carbocycles. The Bertz CT molecular complexity index is 745. The van der Waals surface area contributed by atoms with E-state index in [4.69, 9.17) is 5.11 Å². The SMILES string of the molecule is C[C@]12C=C[C@H]3[C@@H](C(O)=CC4=CC(=O)CC[C@@]43C)[C@@H]1CC[C@H]2CCC(=O)O. The summed E-state index contributed by atoms with van der Waals surface area (Å²) in [6.45, 7) is 4.48. The fourth-order valence-electron chi connectivity index (χ4n) is 6.32. The molecule has 0 aromatic rings. The Morgan fingerprint density at radius 1 is 1.27 bits per heavy atom. The zero-order valence-electron chi connectivity index (χ0n) is 15.6. The van der Waals surface area contributed by atoms with E-state index in [9.17, 15) is 14.7 Å². The van der Waals surface area contributed by atoms with Crippen LogP contribution in [-0.2, 0) is 9.59 Å². The number of ketones is 1. The molecule has 0 aliphatic heterocycles. The normalized spacial score (nSPS) is 43.8. The summed E-state index contributed by atoms with van der Waals surface area (Å²) in [6.07, 6.45) is 12.5. The van der Waals surface area contributed by atoms with Crippen LogP contribution in [0.4, 0.5) is 0 Å². The Labute approximate surface area is 154 Å². The van der Waals surface area contributed by atoms with E-state index < -0.39 is 5.97 Å². The first-order chi connectivity index (χ1) is 12.3. The molecule has 0 unspecified atom stereocenters. The van der Waals surface area contributed by atoms with E-state index in [1.54, 1.807) is 6.08 Å². The highest BCUT2D eigenvalue weighted by Gasteiger charge is 2.57. The van der Waals surface area contributed by atoms with Gasteiger partial charge in [-0.25, -0.2) is 0 Å². The zero-order chi connectivity index (χ0) is 18.7. The highest BCUT2D eigenvalue weighted by molar-refractivity contribution is 5.92. The van der Waals surface area contributed by atoms with Crippen LogP contribution < -0.4 is 0 Å². The van der Waals surface area contributed by atoms with Gasteiger partial charge in [0.25, 0.3) is 0 Å². The van der Waals surface area contributed by atoms with E-state index in [0.29, 0.717) is 30.4 Å². The number of carboxylic acids is 1. The van der Waals surface area contributed by atoms with Crippen molar-refractivity contribution >= 4 is 11.8 Å². The Hall–Kier alpha value is -1.84. The van der Waals surface area contributed by atoms with Crippen molar-refractivity contribution in [3.8, 4) is 0 Å². The quantitative estimate of drug-likeness (QED) is 0.733. The summed E-state index contributed by atoms with van der Waals surface area (Å²) in [5.74, 6) is 0.810. The maximum absolute atomic E-state index is 11.9. The van der Waals surface area contributed by atoms with Gasteiger partial charge in [-0.2, -0.15) is 0 Å². The molecule has 1 saturated carbocycles. The van der Waals surface area contributed by atoms with Crippen LogP contribution in [0, 0.1) is 34.5 Å². The number of carboxylic acid groups (broad SMARTS) is 1. The molecule has 1 fully saturated rings. The number of rotatable bonds is 3. The van der Waals surface area contributed by atoms with Gasteiger partial charge in [-0.1, -0.05) is 26.0 Å². The number of aliphatic hydroxyl groups excluding tert-OH is 1. The average molecular weight is 356 g/mol. The summed E-state index contributed by atoms with van der Waals surface area (Å²) >= 11 is 0. The van der Waals surface area contributed by atoms with Crippen molar-refractivity contribution < 1.29 is 19.8 Å². The van der Waals surface area contributed by atoms with Crippen LogP contribution in [0.5, 0.6) is 0 Å². The van der Waals surface area contributed by atoms with E-state index >= 15 is 0 Å². The molecule has 0 aromatic heterocycles. The van der Waals surface area contributed by atoms with Crippen LogP contribution in [-0.4, -0.2) is 22.0 Å². The lowest BCUT2D eigenvalue weighted by Crippen LogP contribution is -2.48. The monoisotopic (exact) mass is 356 g/mol. The molecule has 4 rings (SSSR count). The van der Waals surface area contributed by atoms with Crippen molar-refractivity contribution in [1.29, 1.82) is 0 Å². The number of allylic oxidation sites excluding steroid dienone is 6. The average Bonchev–Trinajstić information content (AvgIpc) is 2.91. The fourth-order valence-corrected chi connectivity index (χ4v) is 6.32. The number of fused-ring (bicyclic) bond motifs is 5. The number of carbonyl (C=O) groups excluding carboxylic acids is 1. The number of hydrogen-bond acceptors (Lipinski definition) is 3. The van der Waals surface area contributed by atoms with Crippen LogP contribution in [0.1, 0.15) is 52.4 Å².